The number of ether oxygens (including phenoxy) is 2. The van der Waals surface area contributed by atoms with Crippen molar-refractivity contribution in [3.63, 3.8) is 0 Å². The van der Waals surface area contributed by atoms with E-state index in [2.05, 4.69) is 0 Å². The Hall–Kier alpha value is -2.21. The molecule has 1 aliphatic rings. The van der Waals surface area contributed by atoms with Gasteiger partial charge in [0.15, 0.2) is 5.78 Å². The van der Waals surface area contributed by atoms with Crippen molar-refractivity contribution in [2.75, 3.05) is 26.4 Å². The molecule has 1 aromatic rings. The zero-order chi connectivity index (χ0) is 14.5. The van der Waals surface area contributed by atoms with Gasteiger partial charge in [0.1, 0.15) is 19.0 Å². The highest BCUT2D eigenvalue weighted by atomic mass is 16.5. The second kappa shape index (κ2) is 6.29. The van der Waals surface area contributed by atoms with Crippen LogP contribution in [-0.4, -0.2) is 48.9 Å². The quantitative estimate of drug-likeness (QED) is 0.583. The molecule has 0 bridgehead atoms. The van der Waals surface area contributed by atoms with Gasteiger partial charge in [-0.25, -0.2) is 0 Å². The van der Waals surface area contributed by atoms with E-state index in [-0.39, 0.29) is 25.5 Å². The molecule has 1 fully saturated rings. The monoisotopic (exact) mass is 277 g/mol. The smallest absolute Gasteiger partial charge is 0.255 e. The zero-order valence-electron chi connectivity index (χ0n) is 11.1. The number of hydrogen-bond donors (Lipinski definition) is 0. The summed E-state index contributed by atoms with van der Waals surface area (Å²) in [5, 5.41) is 0. The Morgan fingerprint density at radius 3 is 2.55 bits per heavy atom. The van der Waals surface area contributed by atoms with Crippen LogP contribution in [0, 0.1) is 0 Å². The number of ketones is 1. The number of nitrogens with zero attached hydrogens (tertiary/aromatic N) is 1. The lowest BCUT2D eigenvalue weighted by Gasteiger charge is -2.24. The minimum absolute atomic E-state index is 0.174. The summed E-state index contributed by atoms with van der Waals surface area (Å²) in [6.07, 6.45) is 0. The van der Waals surface area contributed by atoms with Crippen LogP contribution in [0.4, 0.5) is 0 Å². The van der Waals surface area contributed by atoms with E-state index in [0.717, 1.165) is 4.90 Å². The summed E-state index contributed by atoms with van der Waals surface area (Å²) >= 11 is 0. The van der Waals surface area contributed by atoms with E-state index in [1.165, 1.54) is 0 Å². The third-order valence-corrected chi connectivity index (χ3v) is 2.84. The summed E-state index contributed by atoms with van der Waals surface area (Å²) < 4.78 is 10.2. The molecule has 0 unspecified atom stereocenters. The van der Waals surface area contributed by atoms with Gasteiger partial charge >= 0.3 is 0 Å². The second-order valence-corrected chi connectivity index (χ2v) is 4.22. The molecule has 0 spiro atoms. The lowest BCUT2D eigenvalue weighted by Crippen LogP contribution is -2.48. The Labute approximate surface area is 116 Å². The van der Waals surface area contributed by atoms with Gasteiger partial charge in [-0.2, -0.15) is 0 Å². The molecule has 0 saturated carbocycles. The summed E-state index contributed by atoms with van der Waals surface area (Å²) in [6.45, 7) is 1.61. The standard InChI is InChI=1S/C14H15NO5/c1-2-20-12-6-4-3-5-10(12)11(16)7-15-13(17)8-19-9-14(15)18/h3-6H,2,7-9H2,1H3. The van der Waals surface area contributed by atoms with Crippen molar-refractivity contribution in [1.82, 2.24) is 4.90 Å². The number of morpholine rings is 1. The van der Waals surface area contributed by atoms with Gasteiger partial charge < -0.3 is 9.47 Å². The molecule has 0 radical (unpaired) electrons. The largest absolute Gasteiger partial charge is 0.493 e. The maximum Gasteiger partial charge on any atom is 0.255 e. The van der Waals surface area contributed by atoms with E-state index in [1.807, 2.05) is 6.92 Å². The van der Waals surface area contributed by atoms with Crippen LogP contribution in [-0.2, 0) is 14.3 Å². The third kappa shape index (κ3) is 3.03. The zero-order valence-corrected chi connectivity index (χ0v) is 11.1. The van der Waals surface area contributed by atoms with E-state index in [0.29, 0.717) is 17.9 Å². The highest BCUT2D eigenvalue weighted by molar-refractivity contribution is 6.06. The average Bonchev–Trinajstić information content (AvgIpc) is 2.44. The van der Waals surface area contributed by atoms with Gasteiger partial charge in [0, 0.05) is 0 Å². The maximum absolute atomic E-state index is 12.2. The predicted molar refractivity (Wildman–Crippen MR) is 69.5 cm³/mol. The summed E-state index contributed by atoms with van der Waals surface area (Å²) in [6, 6.07) is 6.76. The van der Waals surface area contributed by atoms with Crippen LogP contribution in [0.3, 0.4) is 0 Å². The summed E-state index contributed by atoms with van der Waals surface area (Å²) in [5.41, 5.74) is 0.362. The van der Waals surface area contributed by atoms with Crippen molar-refractivity contribution in [2.45, 2.75) is 6.92 Å². The summed E-state index contributed by atoms with van der Waals surface area (Å²) in [4.78, 5) is 36.3. The molecule has 6 nitrogen and oxygen atoms in total. The second-order valence-electron chi connectivity index (χ2n) is 4.22. The Balaban J connectivity index is 2.15. The van der Waals surface area contributed by atoms with Crippen LogP contribution < -0.4 is 4.74 Å². The number of hydrogen-bond acceptors (Lipinski definition) is 5. The number of carbonyl (C=O) groups excluding carboxylic acids is 3. The van der Waals surface area contributed by atoms with Crippen molar-refractivity contribution in [3.8, 4) is 5.75 Å². The fraction of sp³-hybridized carbons (Fsp3) is 0.357. The third-order valence-electron chi connectivity index (χ3n) is 2.84. The first-order chi connectivity index (χ1) is 9.63. The minimum Gasteiger partial charge on any atom is -0.493 e. The van der Waals surface area contributed by atoms with Gasteiger partial charge in [0.25, 0.3) is 11.8 Å². The minimum atomic E-state index is -0.497. The molecular formula is C14H15NO5. The number of carbonyl (C=O) groups is 3. The highest BCUT2D eigenvalue weighted by Gasteiger charge is 2.29. The van der Waals surface area contributed by atoms with E-state index < -0.39 is 11.8 Å². The fourth-order valence-corrected chi connectivity index (χ4v) is 1.90. The van der Waals surface area contributed by atoms with Crippen molar-refractivity contribution in [3.05, 3.63) is 29.8 Å². The van der Waals surface area contributed by atoms with Crippen LogP contribution in [0.2, 0.25) is 0 Å². The fourth-order valence-electron chi connectivity index (χ4n) is 1.90. The summed E-state index contributed by atoms with van der Waals surface area (Å²) in [5.74, 6) is -0.877. The van der Waals surface area contributed by atoms with Gasteiger partial charge in [-0.05, 0) is 19.1 Å². The number of benzene rings is 1. The SMILES string of the molecule is CCOc1ccccc1C(=O)CN1C(=O)COCC1=O. The molecule has 20 heavy (non-hydrogen) atoms. The number of para-hydroxylation sites is 1. The molecule has 1 saturated heterocycles. The first-order valence-electron chi connectivity index (χ1n) is 6.29. The van der Waals surface area contributed by atoms with Gasteiger partial charge in [-0.1, -0.05) is 12.1 Å². The molecule has 2 rings (SSSR count). The van der Waals surface area contributed by atoms with Crippen molar-refractivity contribution in [1.29, 1.82) is 0 Å². The first kappa shape index (κ1) is 14.2. The summed E-state index contributed by atoms with van der Waals surface area (Å²) in [7, 11) is 0. The van der Waals surface area contributed by atoms with Gasteiger partial charge in [0.05, 0.1) is 18.7 Å². The molecule has 0 aliphatic carbocycles. The van der Waals surface area contributed by atoms with Gasteiger partial charge in [-0.3, -0.25) is 19.3 Å². The van der Waals surface area contributed by atoms with Gasteiger partial charge in [0.2, 0.25) is 0 Å². The van der Waals surface area contributed by atoms with Crippen LogP contribution >= 0.6 is 0 Å². The topological polar surface area (TPSA) is 72.9 Å². The molecule has 106 valence electrons. The number of amides is 2. The van der Waals surface area contributed by atoms with Crippen LogP contribution in [0.1, 0.15) is 17.3 Å². The van der Waals surface area contributed by atoms with E-state index >= 15 is 0 Å². The van der Waals surface area contributed by atoms with E-state index in [4.69, 9.17) is 9.47 Å². The lowest BCUT2D eigenvalue weighted by atomic mass is 10.1. The Morgan fingerprint density at radius 2 is 1.90 bits per heavy atom. The van der Waals surface area contributed by atoms with E-state index in [1.54, 1.807) is 24.3 Å². The molecule has 0 aromatic heterocycles. The van der Waals surface area contributed by atoms with Crippen molar-refractivity contribution < 1.29 is 23.9 Å². The number of imide groups is 1. The van der Waals surface area contributed by atoms with Crippen LogP contribution in [0.15, 0.2) is 24.3 Å². The normalized spacial score (nSPS) is 15.3. The molecule has 1 aliphatic heterocycles. The van der Waals surface area contributed by atoms with E-state index in [9.17, 15) is 14.4 Å². The molecule has 1 aromatic carbocycles. The average molecular weight is 277 g/mol. The van der Waals surface area contributed by atoms with Crippen molar-refractivity contribution >= 4 is 17.6 Å². The lowest BCUT2D eigenvalue weighted by molar-refractivity contribution is -0.157. The molecule has 0 N–H and O–H groups in total. The molecule has 2 amide bonds. The number of rotatable bonds is 5. The number of Topliss-reactive ketones (excluding diaryl/α,β-unsaturated/α-hetero) is 1. The highest BCUT2D eigenvalue weighted by Crippen LogP contribution is 2.19. The Bertz CT molecular complexity index is 524. The Morgan fingerprint density at radius 1 is 1.25 bits per heavy atom. The molecule has 0 atom stereocenters. The molecule has 6 heteroatoms. The predicted octanol–water partition coefficient (Wildman–Crippen LogP) is 0.653. The van der Waals surface area contributed by atoms with Crippen LogP contribution in [0.5, 0.6) is 5.75 Å². The van der Waals surface area contributed by atoms with Crippen LogP contribution in [0.25, 0.3) is 0 Å². The van der Waals surface area contributed by atoms with Crippen molar-refractivity contribution in [2.24, 2.45) is 0 Å². The Kier molecular flexibility index (Phi) is 4.47. The molecule has 1 heterocycles. The first-order valence-corrected chi connectivity index (χ1v) is 6.29. The maximum atomic E-state index is 12.2. The van der Waals surface area contributed by atoms with Gasteiger partial charge in [-0.15, -0.1) is 0 Å². The molecular weight excluding hydrogens is 262 g/mol.